The van der Waals surface area contributed by atoms with Gasteiger partial charge in [0.25, 0.3) is 11.7 Å². The second kappa shape index (κ2) is 6.75. The maximum Gasteiger partial charge on any atom is 0.262 e. The number of halogens is 1. The van der Waals surface area contributed by atoms with Crippen LogP contribution >= 0.6 is 0 Å². The molecule has 22 heavy (non-hydrogen) atoms. The van der Waals surface area contributed by atoms with Crippen LogP contribution in [0, 0.1) is 0 Å². The summed E-state index contributed by atoms with van der Waals surface area (Å²) in [6, 6.07) is 18.3. The Hall–Kier alpha value is -2.14. The number of hydrogen-bond donors (Lipinski definition) is 1. The Kier molecular flexibility index (Phi) is 4.98. The zero-order valence-corrected chi connectivity index (χ0v) is 14.0. The second-order valence-electron chi connectivity index (χ2n) is 5.18. The summed E-state index contributed by atoms with van der Waals surface area (Å²) in [5.74, 6) is 0.742. The maximum absolute atomic E-state index is 11.4. The first-order valence-corrected chi connectivity index (χ1v) is 6.95. The van der Waals surface area contributed by atoms with Crippen molar-refractivity contribution >= 4 is 16.9 Å². The van der Waals surface area contributed by atoms with E-state index in [9.17, 15) is 4.79 Å². The van der Waals surface area contributed by atoms with Gasteiger partial charge in [-0.25, -0.2) is 9.13 Å². The number of carbonyl (C=O) groups excluding carboxylic acids is 1. The molecule has 0 atom stereocenters. The lowest BCUT2D eigenvalue weighted by Crippen LogP contribution is -3.00. The molecule has 4 nitrogen and oxygen atoms in total. The number of amides is 1. The molecule has 0 aliphatic heterocycles. The van der Waals surface area contributed by atoms with Crippen LogP contribution in [0.1, 0.15) is 11.4 Å². The molecule has 0 radical (unpaired) electrons. The van der Waals surface area contributed by atoms with Crippen molar-refractivity contribution in [2.24, 2.45) is 12.8 Å². The van der Waals surface area contributed by atoms with Crippen LogP contribution in [-0.2, 0) is 24.8 Å². The highest BCUT2D eigenvalue weighted by Crippen LogP contribution is 2.16. The van der Waals surface area contributed by atoms with Crippen LogP contribution in [0.2, 0.25) is 0 Å². The zero-order valence-electron chi connectivity index (χ0n) is 12.4. The van der Waals surface area contributed by atoms with Gasteiger partial charge in [-0.05, 0) is 17.7 Å². The average Bonchev–Trinajstić information content (AvgIpc) is 2.74. The number of hydrogen-bond acceptors (Lipinski definition) is 1. The van der Waals surface area contributed by atoms with Gasteiger partial charge in [-0.3, -0.25) is 4.79 Å². The summed E-state index contributed by atoms with van der Waals surface area (Å²) in [7, 11) is 2.03. The van der Waals surface area contributed by atoms with Crippen LogP contribution in [-0.4, -0.2) is 10.5 Å². The molecule has 1 aromatic heterocycles. The Morgan fingerprint density at radius 3 is 2.41 bits per heavy atom. The Balaban J connectivity index is 0.00000176. The van der Waals surface area contributed by atoms with Gasteiger partial charge in [0, 0.05) is 0 Å². The summed E-state index contributed by atoms with van der Waals surface area (Å²) in [5.41, 5.74) is 8.76. The molecule has 0 unspecified atom stereocenters. The topological polar surface area (TPSA) is 51.9 Å². The van der Waals surface area contributed by atoms with Crippen molar-refractivity contribution in [1.29, 1.82) is 0 Å². The third-order valence-electron chi connectivity index (χ3n) is 3.75. The van der Waals surface area contributed by atoms with Gasteiger partial charge < -0.3 is 22.7 Å². The van der Waals surface area contributed by atoms with E-state index in [1.54, 1.807) is 0 Å². The Bertz CT molecular complexity index is 796. The molecular weight excluding hydrogens is 342 g/mol. The number of fused-ring (bicyclic) bond motifs is 1. The summed E-state index contributed by atoms with van der Waals surface area (Å²) >= 11 is 0. The van der Waals surface area contributed by atoms with Crippen molar-refractivity contribution in [1.82, 2.24) is 4.57 Å². The number of benzene rings is 2. The fraction of sp³-hybridized carbons (Fsp3) is 0.176. The molecule has 0 saturated heterocycles. The summed E-state index contributed by atoms with van der Waals surface area (Å²) in [5, 5.41) is 0. The van der Waals surface area contributed by atoms with Crippen molar-refractivity contribution in [2.75, 3.05) is 0 Å². The third-order valence-corrected chi connectivity index (χ3v) is 3.75. The first kappa shape index (κ1) is 16.2. The summed E-state index contributed by atoms with van der Waals surface area (Å²) in [4.78, 5) is 11.4. The second-order valence-corrected chi connectivity index (χ2v) is 5.18. The van der Waals surface area contributed by atoms with E-state index >= 15 is 0 Å². The lowest BCUT2D eigenvalue weighted by molar-refractivity contribution is -0.653. The Morgan fingerprint density at radius 2 is 1.73 bits per heavy atom. The highest BCUT2D eigenvalue weighted by atomic mass is 79.9. The first-order valence-electron chi connectivity index (χ1n) is 6.95. The van der Waals surface area contributed by atoms with E-state index in [4.69, 9.17) is 5.73 Å². The molecule has 1 heterocycles. The minimum Gasteiger partial charge on any atom is -1.00 e. The number of nitrogens with zero attached hydrogens (tertiary/aromatic N) is 2. The van der Waals surface area contributed by atoms with Gasteiger partial charge in [-0.1, -0.05) is 42.5 Å². The molecule has 2 N–H and O–H groups in total. The van der Waals surface area contributed by atoms with Crippen LogP contribution in [0.25, 0.3) is 11.0 Å². The average molecular weight is 360 g/mol. The van der Waals surface area contributed by atoms with E-state index < -0.39 is 0 Å². The van der Waals surface area contributed by atoms with Gasteiger partial charge in [-0.15, -0.1) is 0 Å². The lowest BCUT2D eigenvalue weighted by Gasteiger charge is -2.02. The lowest BCUT2D eigenvalue weighted by atomic mass is 10.1. The molecule has 114 valence electrons. The van der Waals surface area contributed by atoms with Gasteiger partial charge in [0.05, 0.1) is 13.5 Å². The van der Waals surface area contributed by atoms with Crippen LogP contribution in [0.5, 0.6) is 0 Å². The van der Waals surface area contributed by atoms with Crippen LogP contribution in [0.15, 0.2) is 54.6 Å². The monoisotopic (exact) mass is 359 g/mol. The summed E-state index contributed by atoms with van der Waals surface area (Å²) in [6.07, 6.45) is 0.763. The van der Waals surface area contributed by atoms with Crippen molar-refractivity contribution in [3.05, 3.63) is 66.0 Å². The largest absolute Gasteiger partial charge is 1.00 e. The molecule has 3 aromatic rings. The van der Waals surface area contributed by atoms with Crippen LogP contribution < -0.4 is 27.3 Å². The Morgan fingerprint density at radius 1 is 1.09 bits per heavy atom. The number of nitrogens with two attached hydrogens (primary N) is 1. The predicted molar refractivity (Wildman–Crippen MR) is 81.6 cm³/mol. The molecule has 3 rings (SSSR count). The number of aryl methyl sites for hydroxylation is 1. The van der Waals surface area contributed by atoms with E-state index in [1.807, 2.05) is 48.0 Å². The fourth-order valence-electron chi connectivity index (χ4n) is 2.76. The molecule has 0 aliphatic carbocycles. The number of imidazole rings is 1. The van der Waals surface area contributed by atoms with E-state index in [-0.39, 0.29) is 29.4 Å². The van der Waals surface area contributed by atoms with Gasteiger partial charge >= 0.3 is 0 Å². The highest BCUT2D eigenvalue weighted by molar-refractivity contribution is 5.78. The zero-order chi connectivity index (χ0) is 14.8. The summed E-state index contributed by atoms with van der Waals surface area (Å²) in [6.45, 7) is 0.198. The number of rotatable bonds is 4. The number of para-hydroxylation sites is 2. The van der Waals surface area contributed by atoms with Crippen molar-refractivity contribution in [3.63, 3.8) is 0 Å². The van der Waals surface area contributed by atoms with Crippen LogP contribution in [0.3, 0.4) is 0 Å². The maximum atomic E-state index is 11.4. The highest BCUT2D eigenvalue weighted by Gasteiger charge is 2.23. The first-order chi connectivity index (χ1) is 10.2. The molecule has 1 amide bonds. The SMILES string of the molecule is C[n+]1c(Cc2ccccc2)n(CC(N)=O)c2ccccc21.[Br-]. The molecule has 0 bridgehead atoms. The van der Waals surface area contributed by atoms with Gasteiger partial charge in [-0.2, -0.15) is 0 Å². The van der Waals surface area contributed by atoms with E-state index in [0.29, 0.717) is 0 Å². The molecule has 0 spiro atoms. The van der Waals surface area contributed by atoms with Gasteiger partial charge in [0.1, 0.15) is 0 Å². The standard InChI is InChI=1S/C17H17N3O.BrH/c1-19-14-9-5-6-10-15(14)20(12-16(18)21)17(19)11-13-7-3-2-4-8-13;/h2-10H,11-12H2,1H3,(H-,18,21);1H. The number of carbonyl (C=O) groups is 1. The minimum atomic E-state index is -0.328. The number of primary amides is 1. The van der Waals surface area contributed by atoms with E-state index in [2.05, 4.69) is 22.8 Å². The van der Waals surface area contributed by atoms with Crippen molar-refractivity contribution in [2.45, 2.75) is 13.0 Å². The third kappa shape index (κ3) is 3.04. The van der Waals surface area contributed by atoms with Crippen LogP contribution in [0.4, 0.5) is 0 Å². The molecule has 2 aromatic carbocycles. The van der Waals surface area contributed by atoms with E-state index in [1.165, 1.54) is 5.56 Å². The smallest absolute Gasteiger partial charge is 0.262 e. The molecule has 5 heteroatoms. The molecule has 0 aliphatic rings. The van der Waals surface area contributed by atoms with Crippen molar-refractivity contribution < 1.29 is 26.3 Å². The molecule has 0 saturated carbocycles. The quantitative estimate of drug-likeness (QED) is 0.569. The van der Waals surface area contributed by atoms with Gasteiger partial charge in [0.2, 0.25) is 0 Å². The summed E-state index contributed by atoms with van der Waals surface area (Å²) < 4.78 is 4.13. The van der Waals surface area contributed by atoms with Crippen molar-refractivity contribution in [3.8, 4) is 0 Å². The number of aromatic nitrogens is 2. The molecule has 0 fully saturated rings. The van der Waals surface area contributed by atoms with E-state index in [0.717, 1.165) is 23.3 Å². The normalized spacial score (nSPS) is 10.4. The molecular formula is C17H18BrN3O. The predicted octanol–water partition coefficient (Wildman–Crippen LogP) is -1.45. The minimum absolute atomic E-state index is 0. The Labute approximate surface area is 139 Å². The van der Waals surface area contributed by atoms with Gasteiger partial charge in [0.15, 0.2) is 17.6 Å². The fourth-order valence-corrected chi connectivity index (χ4v) is 2.76.